The Kier molecular flexibility index (Phi) is 3.83. The fourth-order valence-electron chi connectivity index (χ4n) is 2.26. The van der Waals surface area contributed by atoms with Gasteiger partial charge in [-0.3, -0.25) is 4.79 Å². The molecular weight excluding hydrogens is 244 g/mol. The van der Waals surface area contributed by atoms with Gasteiger partial charge in [0.25, 0.3) is 0 Å². The van der Waals surface area contributed by atoms with Crippen LogP contribution in [0.15, 0.2) is 23.8 Å². The minimum atomic E-state index is 0.0554. The van der Waals surface area contributed by atoms with Crippen LogP contribution in [0.2, 0.25) is 0 Å². The normalized spacial score (nSPS) is 19.9. The van der Waals surface area contributed by atoms with Gasteiger partial charge < -0.3 is 4.90 Å². The lowest BCUT2D eigenvalue weighted by Crippen LogP contribution is -2.38. The molecule has 1 aromatic rings. The Morgan fingerprint density at radius 1 is 1.56 bits per heavy atom. The highest BCUT2D eigenvalue weighted by molar-refractivity contribution is 7.12. The predicted molar refractivity (Wildman–Crippen MR) is 72.2 cm³/mol. The number of hydrogen-bond donors (Lipinski definition) is 0. The number of thiophene rings is 1. The SMILES string of the molecule is CC=C1CCCN([C@H](C)c2ccc(C#N)s2)C1=O. The van der Waals surface area contributed by atoms with E-state index in [-0.39, 0.29) is 11.9 Å². The number of likely N-dealkylation sites (tertiary alicyclic amines) is 1. The molecule has 1 aromatic heterocycles. The zero-order valence-electron chi connectivity index (χ0n) is 10.6. The van der Waals surface area contributed by atoms with Gasteiger partial charge in [-0.05, 0) is 38.8 Å². The summed E-state index contributed by atoms with van der Waals surface area (Å²) in [5, 5.41) is 8.85. The van der Waals surface area contributed by atoms with Crippen molar-refractivity contribution in [1.29, 1.82) is 5.26 Å². The van der Waals surface area contributed by atoms with E-state index < -0.39 is 0 Å². The van der Waals surface area contributed by atoms with E-state index in [1.54, 1.807) is 0 Å². The number of carbonyl (C=O) groups excluding carboxylic acids is 1. The van der Waals surface area contributed by atoms with Gasteiger partial charge in [-0.25, -0.2) is 0 Å². The Morgan fingerprint density at radius 2 is 2.33 bits per heavy atom. The van der Waals surface area contributed by atoms with Crippen molar-refractivity contribution in [3.63, 3.8) is 0 Å². The summed E-state index contributed by atoms with van der Waals surface area (Å²) in [4.78, 5) is 15.9. The first-order valence-corrected chi connectivity index (χ1v) is 6.95. The van der Waals surface area contributed by atoms with Gasteiger partial charge >= 0.3 is 0 Å². The summed E-state index contributed by atoms with van der Waals surface area (Å²) in [6.07, 6.45) is 3.81. The van der Waals surface area contributed by atoms with Crippen molar-refractivity contribution in [1.82, 2.24) is 4.90 Å². The molecule has 0 unspecified atom stereocenters. The number of allylic oxidation sites excluding steroid dienone is 1. The molecule has 3 nitrogen and oxygen atoms in total. The van der Waals surface area contributed by atoms with Crippen molar-refractivity contribution >= 4 is 17.2 Å². The Bertz CT molecular complexity index is 524. The van der Waals surface area contributed by atoms with E-state index in [1.807, 2.05) is 37.0 Å². The molecule has 0 radical (unpaired) electrons. The van der Waals surface area contributed by atoms with Crippen LogP contribution in [0.25, 0.3) is 0 Å². The number of hydrogen-bond acceptors (Lipinski definition) is 3. The maximum absolute atomic E-state index is 12.2. The molecule has 0 aliphatic carbocycles. The molecule has 1 amide bonds. The average molecular weight is 260 g/mol. The largest absolute Gasteiger partial charge is 0.331 e. The standard InChI is InChI=1S/C14H16N2OS/c1-3-11-5-4-8-16(14(11)17)10(2)13-7-6-12(9-15)18-13/h3,6-7,10H,4-5,8H2,1-2H3/t10-/m1/s1. The number of rotatable bonds is 2. The maximum Gasteiger partial charge on any atom is 0.249 e. The van der Waals surface area contributed by atoms with Crippen LogP contribution in [-0.4, -0.2) is 17.4 Å². The van der Waals surface area contributed by atoms with Crippen LogP contribution in [0, 0.1) is 11.3 Å². The Labute approximate surface area is 111 Å². The van der Waals surface area contributed by atoms with E-state index in [9.17, 15) is 4.79 Å². The summed E-state index contributed by atoms with van der Waals surface area (Å²) in [6.45, 7) is 4.75. The Balaban J connectivity index is 2.20. The molecule has 0 saturated carbocycles. The number of amides is 1. The van der Waals surface area contributed by atoms with E-state index in [1.165, 1.54) is 11.3 Å². The van der Waals surface area contributed by atoms with Gasteiger partial charge in [0.1, 0.15) is 10.9 Å². The van der Waals surface area contributed by atoms with E-state index in [4.69, 9.17) is 5.26 Å². The second-order valence-corrected chi connectivity index (χ2v) is 5.52. The molecule has 0 spiro atoms. The highest BCUT2D eigenvalue weighted by Gasteiger charge is 2.27. The molecule has 0 bridgehead atoms. The molecule has 1 saturated heterocycles. The third kappa shape index (κ3) is 2.32. The van der Waals surface area contributed by atoms with Gasteiger partial charge in [-0.15, -0.1) is 11.3 Å². The van der Waals surface area contributed by atoms with Crippen LogP contribution in [-0.2, 0) is 4.79 Å². The number of nitrogens with zero attached hydrogens (tertiary/aromatic N) is 2. The van der Waals surface area contributed by atoms with Crippen molar-refractivity contribution in [2.75, 3.05) is 6.54 Å². The Morgan fingerprint density at radius 3 is 2.94 bits per heavy atom. The minimum Gasteiger partial charge on any atom is -0.331 e. The molecule has 1 aliphatic rings. The first kappa shape index (κ1) is 12.8. The summed E-state index contributed by atoms with van der Waals surface area (Å²) in [5.74, 6) is 0.142. The molecule has 18 heavy (non-hydrogen) atoms. The molecule has 0 N–H and O–H groups in total. The smallest absolute Gasteiger partial charge is 0.249 e. The van der Waals surface area contributed by atoms with E-state index in [0.717, 1.165) is 29.8 Å². The lowest BCUT2D eigenvalue weighted by atomic mass is 10.0. The second-order valence-electron chi connectivity index (χ2n) is 4.41. The highest BCUT2D eigenvalue weighted by Crippen LogP contribution is 2.31. The van der Waals surface area contributed by atoms with E-state index in [2.05, 4.69) is 6.07 Å². The first-order valence-electron chi connectivity index (χ1n) is 6.13. The number of carbonyl (C=O) groups is 1. The molecule has 1 aliphatic heterocycles. The summed E-state index contributed by atoms with van der Waals surface area (Å²) >= 11 is 1.47. The van der Waals surface area contributed by atoms with Crippen LogP contribution >= 0.6 is 11.3 Å². The lowest BCUT2D eigenvalue weighted by Gasteiger charge is -2.33. The maximum atomic E-state index is 12.2. The van der Waals surface area contributed by atoms with Gasteiger partial charge in [-0.2, -0.15) is 5.26 Å². The fraction of sp³-hybridized carbons (Fsp3) is 0.429. The van der Waals surface area contributed by atoms with E-state index >= 15 is 0 Å². The summed E-state index contributed by atoms with van der Waals surface area (Å²) in [6, 6.07) is 5.97. The van der Waals surface area contributed by atoms with Crippen molar-refractivity contribution in [2.24, 2.45) is 0 Å². The molecule has 1 fully saturated rings. The zero-order chi connectivity index (χ0) is 13.1. The lowest BCUT2D eigenvalue weighted by molar-refractivity contribution is -0.130. The fourth-order valence-corrected chi connectivity index (χ4v) is 3.13. The molecule has 94 valence electrons. The van der Waals surface area contributed by atoms with Gasteiger partial charge in [0.2, 0.25) is 5.91 Å². The number of piperidine rings is 1. The van der Waals surface area contributed by atoms with Gasteiger partial charge in [0.05, 0.1) is 6.04 Å². The summed E-state index contributed by atoms with van der Waals surface area (Å²) < 4.78 is 0. The Hall–Kier alpha value is -1.60. The van der Waals surface area contributed by atoms with Crippen LogP contribution < -0.4 is 0 Å². The molecule has 1 atom stereocenters. The van der Waals surface area contributed by atoms with Crippen molar-refractivity contribution in [3.8, 4) is 6.07 Å². The molecular formula is C14H16N2OS. The van der Waals surface area contributed by atoms with Gasteiger partial charge in [0, 0.05) is 17.0 Å². The molecule has 2 heterocycles. The zero-order valence-corrected chi connectivity index (χ0v) is 11.5. The average Bonchev–Trinajstić information content (AvgIpc) is 2.87. The topological polar surface area (TPSA) is 44.1 Å². The van der Waals surface area contributed by atoms with Crippen molar-refractivity contribution in [2.45, 2.75) is 32.7 Å². The van der Waals surface area contributed by atoms with Crippen LogP contribution in [0.5, 0.6) is 0 Å². The van der Waals surface area contributed by atoms with Crippen molar-refractivity contribution in [3.05, 3.63) is 33.5 Å². The molecule has 4 heteroatoms. The van der Waals surface area contributed by atoms with E-state index in [0.29, 0.717) is 4.88 Å². The van der Waals surface area contributed by atoms with Crippen LogP contribution in [0.1, 0.15) is 42.5 Å². The minimum absolute atomic E-state index is 0.0554. The monoisotopic (exact) mass is 260 g/mol. The van der Waals surface area contributed by atoms with Gasteiger partial charge in [-0.1, -0.05) is 6.08 Å². The van der Waals surface area contributed by atoms with Gasteiger partial charge in [0.15, 0.2) is 0 Å². The van der Waals surface area contributed by atoms with Crippen molar-refractivity contribution < 1.29 is 4.79 Å². The summed E-state index contributed by atoms with van der Waals surface area (Å²) in [7, 11) is 0. The predicted octanol–water partition coefficient (Wildman–Crippen LogP) is 3.25. The van der Waals surface area contributed by atoms with Crippen LogP contribution in [0.3, 0.4) is 0 Å². The first-order chi connectivity index (χ1) is 8.67. The highest BCUT2D eigenvalue weighted by atomic mass is 32.1. The quantitative estimate of drug-likeness (QED) is 0.766. The summed E-state index contributed by atoms with van der Waals surface area (Å²) in [5.41, 5.74) is 0.908. The molecule has 2 rings (SSSR count). The third-order valence-corrected chi connectivity index (χ3v) is 4.51. The second kappa shape index (κ2) is 5.36. The third-order valence-electron chi connectivity index (χ3n) is 3.35. The molecule has 0 aromatic carbocycles. The number of nitriles is 1. The van der Waals surface area contributed by atoms with Crippen LogP contribution in [0.4, 0.5) is 0 Å².